The van der Waals surface area contributed by atoms with Crippen LogP contribution in [0, 0.1) is 19.7 Å². The number of aryl methyl sites for hydroxylation is 2. The maximum Gasteiger partial charge on any atom is 0.210 e. The van der Waals surface area contributed by atoms with E-state index in [1.54, 1.807) is 26.0 Å². The van der Waals surface area contributed by atoms with Crippen LogP contribution in [0.3, 0.4) is 0 Å². The lowest BCUT2D eigenvalue weighted by Crippen LogP contribution is -2.36. The Morgan fingerprint density at radius 1 is 1.14 bits per heavy atom. The third-order valence-electron chi connectivity index (χ3n) is 3.09. The molecule has 21 heavy (non-hydrogen) atoms. The van der Waals surface area contributed by atoms with E-state index in [4.69, 9.17) is 5.84 Å². The Kier molecular flexibility index (Phi) is 4.90. The van der Waals surface area contributed by atoms with Crippen LogP contribution < -0.4 is 16.6 Å². The van der Waals surface area contributed by atoms with Crippen LogP contribution in [0.15, 0.2) is 47.5 Å². The number of rotatable bonds is 3. The van der Waals surface area contributed by atoms with Crippen LogP contribution in [0.25, 0.3) is 0 Å². The van der Waals surface area contributed by atoms with Crippen LogP contribution in [-0.4, -0.2) is 5.96 Å². The lowest BCUT2D eigenvalue weighted by molar-refractivity contribution is 0.608. The van der Waals surface area contributed by atoms with Gasteiger partial charge >= 0.3 is 0 Å². The molecule has 0 bridgehead atoms. The molecule has 0 saturated carbocycles. The molecule has 0 aromatic heterocycles. The summed E-state index contributed by atoms with van der Waals surface area (Å²) in [4.78, 5) is 4.37. The number of hydrogen-bond acceptors (Lipinski definition) is 2. The second-order valence-corrected chi connectivity index (χ2v) is 4.84. The maximum absolute atomic E-state index is 13.6. The fourth-order valence-corrected chi connectivity index (χ4v) is 2.08. The van der Waals surface area contributed by atoms with Gasteiger partial charge in [-0.15, -0.1) is 0 Å². The second-order valence-electron chi connectivity index (χ2n) is 4.84. The first-order valence-corrected chi connectivity index (χ1v) is 6.69. The van der Waals surface area contributed by atoms with Crippen LogP contribution in [0.1, 0.15) is 16.7 Å². The molecule has 5 heteroatoms. The summed E-state index contributed by atoms with van der Waals surface area (Å²) in [5.41, 5.74) is 5.60. The number of hydrogen-bond donors (Lipinski definition) is 3. The smallest absolute Gasteiger partial charge is 0.210 e. The Balaban J connectivity index is 2.11. The molecule has 0 amide bonds. The molecule has 0 heterocycles. The Morgan fingerprint density at radius 3 is 2.33 bits per heavy atom. The van der Waals surface area contributed by atoms with E-state index in [2.05, 4.69) is 15.7 Å². The van der Waals surface area contributed by atoms with E-state index in [9.17, 15) is 4.39 Å². The molecule has 2 rings (SSSR count). The van der Waals surface area contributed by atoms with Crippen LogP contribution in [0.2, 0.25) is 0 Å². The minimum atomic E-state index is -0.165. The standard InChI is InChI=1S/C16H19FN4/c1-11-8-13(9-12(2)15(11)17)10-19-16(21-18)20-14-6-4-3-5-7-14/h3-9H,10,18H2,1-2H3,(H2,19,20,21). The van der Waals surface area contributed by atoms with Gasteiger partial charge in [0.25, 0.3) is 0 Å². The lowest BCUT2D eigenvalue weighted by atomic mass is 10.1. The van der Waals surface area contributed by atoms with E-state index in [1.165, 1.54) is 0 Å². The SMILES string of the molecule is Cc1cc(CN=C(NN)Nc2ccccc2)cc(C)c1F. The molecule has 0 aliphatic carbocycles. The van der Waals surface area contributed by atoms with Gasteiger partial charge in [-0.2, -0.15) is 0 Å². The molecular weight excluding hydrogens is 267 g/mol. The van der Waals surface area contributed by atoms with Crippen molar-refractivity contribution in [3.8, 4) is 0 Å². The second kappa shape index (κ2) is 6.85. The van der Waals surface area contributed by atoms with E-state index in [0.717, 1.165) is 11.3 Å². The zero-order chi connectivity index (χ0) is 15.2. The van der Waals surface area contributed by atoms with Crippen molar-refractivity contribution in [3.63, 3.8) is 0 Å². The molecule has 0 atom stereocenters. The van der Waals surface area contributed by atoms with E-state index in [0.29, 0.717) is 23.6 Å². The summed E-state index contributed by atoms with van der Waals surface area (Å²) >= 11 is 0. The summed E-state index contributed by atoms with van der Waals surface area (Å²) in [6.45, 7) is 3.92. The van der Waals surface area contributed by atoms with Gasteiger partial charge in [0, 0.05) is 5.69 Å². The highest BCUT2D eigenvalue weighted by atomic mass is 19.1. The average molecular weight is 286 g/mol. The van der Waals surface area contributed by atoms with Gasteiger partial charge in [-0.1, -0.05) is 30.3 Å². The molecule has 0 aliphatic heterocycles. The van der Waals surface area contributed by atoms with Gasteiger partial charge in [-0.3, -0.25) is 5.43 Å². The molecule has 0 saturated heterocycles. The van der Waals surface area contributed by atoms with Crippen molar-refractivity contribution in [2.45, 2.75) is 20.4 Å². The number of aliphatic imine (C=N–C) groups is 1. The maximum atomic E-state index is 13.6. The van der Waals surface area contributed by atoms with Gasteiger partial charge < -0.3 is 5.32 Å². The van der Waals surface area contributed by atoms with Crippen molar-refractivity contribution in [1.29, 1.82) is 0 Å². The number of nitrogens with two attached hydrogens (primary N) is 1. The summed E-state index contributed by atoms with van der Waals surface area (Å²) < 4.78 is 13.6. The molecule has 4 N–H and O–H groups in total. The molecular formula is C16H19FN4. The lowest BCUT2D eigenvalue weighted by Gasteiger charge is -2.10. The zero-order valence-corrected chi connectivity index (χ0v) is 12.2. The summed E-state index contributed by atoms with van der Waals surface area (Å²) in [7, 11) is 0. The summed E-state index contributed by atoms with van der Waals surface area (Å²) in [5.74, 6) is 5.76. The van der Waals surface area contributed by atoms with Crippen molar-refractivity contribution in [2.75, 3.05) is 5.32 Å². The number of guanidine groups is 1. The normalized spacial score (nSPS) is 11.3. The Hall–Kier alpha value is -2.40. The first-order chi connectivity index (χ1) is 10.1. The number of nitrogens with one attached hydrogen (secondary N) is 2. The van der Waals surface area contributed by atoms with Crippen molar-refractivity contribution in [3.05, 3.63) is 65.0 Å². The molecule has 2 aromatic carbocycles. The molecule has 0 aliphatic rings. The minimum absolute atomic E-state index is 0.165. The van der Waals surface area contributed by atoms with Crippen molar-refractivity contribution < 1.29 is 4.39 Å². The van der Waals surface area contributed by atoms with Crippen molar-refractivity contribution >= 4 is 11.6 Å². The number of anilines is 1. The van der Waals surface area contributed by atoms with Crippen LogP contribution in [0.4, 0.5) is 10.1 Å². The third-order valence-corrected chi connectivity index (χ3v) is 3.09. The number of nitrogens with zero attached hydrogens (tertiary/aromatic N) is 1. The molecule has 0 unspecified atom stereocenters. The first kappa shape index (κ1) is 15.0. The summed E-state index contributed by atoms with van der Waals surface area (Å²) in [6.07, 6.45) is 0. The minimum Gasteiger partial charge on any atom is -0.325 e. The fourth-order valence-electron chi connectivity index (χ4n) is 2.08. The average Bonchev–Trinajstić information content (AvgIpc) is 2.49. The van der Waals surface area contributed by atoms with Gasteiger partial charge in [-0.05, 0) is 42.7 Å². The van der Waals surface area contributed by atoms with E-state index in [-0.39, 0.29) is 5.82 Å². The summed E-state index contributed by atoms with van der Waals surface area (Å²) in [6, 6.07) is 13.2. The van der Waals surface area contributed by atoms with Crippen LogP contribution in [0.5, 0.6) is 0 Å². The molecule has 0 spiro atoms. The van der Waals surface area contributed by atoms with Crippen molar-refractivity contribution in [1.82, 2.24) is 5.43 Å². The monoisotopic (exact) mass is 286 g/mol. The number of benzene rings is 2. The Bertz CT molecular complexity index is 615. The first-order valence-electron chi connectivity index (χ1n) is 6.69. The van der Waals surface area contributed by atoms with Gasteiger partial charge in [0.1, 0.15) is 5.82 Å². The Morgan fingerprint density at radius 2 is 1.76 bits per heavy atom. The topological polar surface area (TPSA) is 62.4 Å². The molecule has 0 radical (unpaired) electrons. The summed E-state index contributed by atoms with van der Waals surface area (Å²) in [5, 5.41) is 3.08. The van der Waals surface area contributed by atoms with Gasteiger partial charge in [0.05, 0.1) is 6.54 Å². The van der Waals surface area contributed by atoms with E-state index < -0.39 is 0 Å². The van der Waals surface area contributed by atoms with E-state index >= 15 is 0 Å². The predicted molar refractivity (Wildman–Crippen MR) is 84.4 cm³/mol. The van der Waals surface area contributed by atoms with Gasteiger partial charge in [0.2, 0.25) is 5.96 Å². The quantitative estimate of drug-likeness (QED) is 0.352. The van der Waals surface area contributed by atoms with Gasteiger partial charge in [0.15, 0.2) is 0 Å². The molecule has 2 aromatic rings. The van der Waals surface area contributed by atoms with Crippen molar-refractivity contribution in [2.24, 2.45) is 10.8 Å². The zero-order valence-electron chi connectivity index (χ0n) is 12.2. The van der Waals surface area contributed by atoms with Crippen LogP contribution in [-0.2, 0) is 6.54 Å². The van der Waals surface area contributed by atoms with Crippen LogP contribution >= 0.6 is 0 Å². The molecule has 110 valence electrons. The number of para-hydroxylation sites is 1. The highest BCUT2D eigenvalue weighted by Crippen LogP contribution is 2.15. The largest absolute Gasteiger partial charge is 0.325 e. The Labute approximate surface area is 123 Å². The number of halogens is 1. The van der Waals surface area contributed by atoms with E-state index in [1.807, 2.05) is 30.3 Å². The third kappa shape index (κ3) is 4.03. The molecule has 0 fully saturated rings. The number of hydrazine groups is 1. The fraction of sp³-hybridized carbons (Fsp3) is 0.188. The molecule has 4 nitrogen and oxygen atoms in total. The predicted octanol–water partition coefficient (Wildman–Crippen LogP) is 2.87. The van der Waals surface area contributed by atoms with Gasteiger partial charge in [-0.25, -0.2) is 15.2 Å². The highest BCUT2D eigenvalue weighted by molar-refractivity contribution is 5.93. The highest BCUT2D eigenvalue weighted by Gasteiger charge is 2.04.